The lowest BCUT2D eigenvalue weighted by Gasteiger charge is -2.15. The largest absolute Gasteiger partial charge is 0.496 e. The molecule has 0 aliphatic carbocycles. The van der Waals surface area contributed by atoms with E-state index in [1.54, 1.807) is 7.11 Å². The van der Waals surface area contributed by atoms with Gasteiger partial charge in [0, 0.05) is 16.6 Å². The predicted octanol–water partition coefficient (Wildman–Crippen LogP) is 2.49. The molecule has 16 heavy (non-hydrogen) atoms. The molecule has 2 N–H and O–H groups in total. The molecule has 0 saturated carbocycles. The molecule has 0 heterocycles. The van der Waals surface area contributed by atoms with Crippen molar-refractivity contribution in [3.63, 3.8) is 0 Å². The second kappa shape index (κ2) is 6.89. The monoisotopic (exact) mass is 287 g/mol. The van der Waals surface area contributed by atoms with E-state index in [-0.39, 0.29) is 0 Å². The predicted molar refractivity (Wildman–Crippen MR) is 68.8 cm³/mol. The number of benzene rings is 1. The van der Waals surface area contributed by atoms with Crippen molar-refractivity contribution in [1.82, 2.24) is 5.32 Å². The van der Waals surface area contributed by atoms with Crippen LogP contribution in [0.5, 0.6) is 5.75 Å². The molecule has 4 heteroatoms. The third kappa shape index (κ3) is 3.77. The van der Waals surface area contributed by atoms with Crippen LogP contribution >= 0.6 is 15.9 Å². The Bertz CT molecular complexity index is 331. The summed E-state index contributed by atoms with van der Waals surface area (Å²) >= 11 is 3.39. The highest BCUT2D eigenvalue weighted by Gasteiger charge is 2.13. The Balaban J connectivity index is 2.72. The van der Waals surface area contributed by atoms with Gasteiger partial charge in [0.05, 0.1) is 13.2 Å². The van der Waals surface area contributed by atoms with Crippen LogP contribution in [-0.2, 0) is 0 Å². The maximum atomic E-state index is 10.0. The number of hydrogen-bond donors (Lipinski definition) is 2. The van der Waals surface area contributed by atoms with Crippen LogP contribution in [0.4, 0.5) is 0 Å². The van der Waals surface area contributed by atoms with E-state index in [2.05, 4.69) is 28.2 Å². The molecule has 1 atom stereocenters. The molecule has 0 aliphatic heterocycles. The second-order valence-electron chi connectivity index (χ2n) is 3.61. The zero-order valence-corrected chi connectivity index (χ0v) is 11.3. The van der Waals surface area contributed by atoms with Crippen molar-refractivity contribution in [2.75, 3.05) is 20.2 Å². The highest BCUT2D eigenvalue weighted by molar-refractivity contribution is 9.10. The average Bonchev–Trinajstić information content (AvgIpc) is 2.29. The molecule has 1 aromatic rings. The molecule has 0 radical (unpaired) electrons. The first-order valence-corrected chi connectivity index (χ1v) is 6.20. The van der Waals surface area contributed by atoms with Crippen molar-refractivity contribution in [2.24, 2.45) is 0 Å². The van der Waals surface area contributed by atoms with Crippen molar-refractivity contribution in [3.05, 3.63) is 28.2 Å². The Labute approximate surface area is 105 Å². The molecule has 0 aromatic heterocycles. The van der Waals surface area contributed by atoms with E-state index in [0.717, 1.165) is 23.0 Å². The van der Waals surface area contributed by atoms with Gasteiger partial charge >= 0.3 is 0 Å². The minimum Gasteiger partial charge on any atom is -0.496 e. The third-order valence-corrected chi connectivity index (χ3v) is 2.81. The smallest absolute Gasteiger partial charge is 0.124 e. The van der Waals surface area contributed by atoms with Crippen LogP contribution in [0.1, 0.15) is 25.0 Å². The molecule has 0 fully saturated rings. The first-order valence-electron chi connectivity index (χ1n) is 5.41. The Kier molecular flexibility index (Phi) is 5.80. The van der Waals surface area contributed by atoms with Crippen LogP contribution in [0.3, 0.4) is 0 Å². The fourth-order valence-corrected chi connectivity index (χ4v) is 1.87. The average molecular weight is 288 g/mol. The van der Waals surface area contributed by atoms with E-state index >= 15 is 0 Å². The Morgan fingerprint density at radius 2 is 2.25 bits per heavy atom. The van der Waals surface area contributed by atoms with E-state index in [1.165, 1.54) is 0 Å². The van der Waals surface area contributed by atoms with Crippen LogP contribution < -0.4 is 10.1 Å². The molecule has 0 amide bonds. The maximum Gasteiger partial charge on any atom is 0.124 e. The van der Waals surface area contributed by atoms with Crippen molar-refractivity contribution in [1.29, 1.82) is 0 Å². The minimum atomic E-state index is -0.543. The molecular weight excluding hydrogens is 270 g/mol. The lowest BCUT2D eigenvalue weighted by Crippen LogP contribution is -2.22. The summed E-state index contributed by atoms with van der Waals surface area (Å²) in [5, 5.41) is 13.2. The van der Waals surface area contributed by atoms with Crippen LogP contribution in [0, 0.1) is 0 Å². The summed E-state index contributed by atoms with van der Waals surface area (Å²) in [6, 6.07) is 5.63. The molecule has 0 spiro atoms. The number of aliphatic hydroxyl groups excluding tert-OH is 1. The van der Waals surface area contributed by atoms with E-state index < -0.39 is 6.10 Å². The Morgan fingerprint density at radius 1 is 1.50 bits per heavy atom. The van der Waals surface area contributed by atoms with Crippen molar-refractivity contribution < 1.29 is 9.84 Å². The summed E-state index contributed by atoms with van der Waals surface area (Å²) in [4.78, 5) is 0. The van der Waals surface area contributed by atoms with Gasteiger partial charge in [0.2, 0.25) is 0 Å². The van der Waals surface area contributed by atoms with Crippen LogP contribution in [0.15, 0.2) is 22.7 Å². The fraction of sp³-hybridized carbons (Fsp3) is 0.500. The number of nitrogens with one attached hydrogen (secondary N) is 1. The fourth-order valence-electron chi connectivity index (χ4n) is 1.49. The summed E-state index contributed by atoms with van der Waals surface area (Å²) in [7, 11) is 1.61. The number of ether oxygens (including phenoxy) is 1. The molecule has 0 bridgehead atoms. The van der Waals surface area contributed by atoms with Crippen molar-refractivity contribution in [2.45, 2.75) is 19.4 Å². The van der Waals surface area contributed by atoms with E-state index in [4.69, 9.17) is 4.74 Å². The van der Waals surface area contributed by atoms with Gasteiger partial charge in [-0.25, -0.2) is 0 Å². The standard InChI is InChI=1S/C12H18BrNO2/c1-3-6-14-8-11(15)10-7-9(13)4-5-12(10)16-2/h4-5,7,11,14-15H,3,6,8H2,1-2H3. The summed E-state index contributed by atoms with van der Waals surface area (Å²) < 4.78 is 6.16. The van der Waals surface area contributed by atoms with E-state index in [0.29, 0.717) is 12.3 Å². The quantitative estimate of drug-likeness (QED) is 0.790. The maximum absolute atomic E-state index is 10.0. The summed E-state index contributed by atoms with van der Waals surface area (Å²) in [5.41, 5.74) is 0.806. The zero-order valence-electron chi connectivity index (χ0n) is 9.66. The Morgan fingerprint density at radius 3 is 2.88 bits per heavy atom. The third-order valence-electron chi connectivity index (χ3n) is 2.32. The molecule has 1 aromatic carbocycles. The zero-order chi connectivity index (χ0) is 12.0. The topological polar surface area (TPSA) is 41.5 Å². The lowest BCUT2D eigenvalue weighted by atomic mass is 10.1. The van der Waals surface area contributed by atoms with Crippen LogP contribution in [0.25, 0.3) is 0 Å². The highest BCUT2D eigenvalue weighted by Crippen LogP contribution is 2.28. The molecule has 1 unspecified atom stereocenters. The number of rotatable bonds is 6. The van der Waals surface area contributed by atoms with Crippen LogP contribution in [-0.4, -0.2) is 25.3 Å². The highest BCUT2D eigenvalue weighted by atomic mass is 79.9. The molecule has 0 saturated heterocycles. The van der Waals surface area contributed by atoms with Crippen molar-refractivity contribution in [3.8, 4) is 5.75 Å². The normalized spacial score (nSPS) is 12.5. The van der Waals surface area contributed by atoms with Gasteiger partial charge < -0.3 is 15.2 Å². The van der Waals surface area contributed by atoms with Gasteiger partial charge in [0.15, 0.2) is 0 Å². The number of hydrogen-bond acceptors (Lipinski definition) is 3. The van der Waals surface area contributed by atoms with Gasteiger partial charge in [-0.15, -0.1) is 0 Å². The van der Waals surface area contributed by atoms with Gasteiger partial charge in [-0.2, -0.15) is 0 Å². The molecular formula is C12H18BrNO2. The summed E-state index contributed by atoms with van der Waals surface area (Å²) in [6.07, 6.45) is 0.515. The number of methoxy groups -OCH3 is 1. The molecule has 1 rings (SSSR count). The molecule has 90 valence electrons. The summed E-state index contributed by atoms with van der Waals surface area (Å²) in [5.74, 6) is 0.717. The van der Waals surface area contributed by atoms with Gasteiger partial charge in [0.1, 0.15) is 5.75 Å². The van der Waals surface area contributed by atoms with E-state index in [1.807, 2.05) is 18.2 Å². The second-order valence-corrected chi connectivity index (χ2v) is 4.52. The molecule has 3 nitrogen and oxygen atoms in total. The minimum absolute atomic E-state index is 0.542. The summed E-state index contributed by atoms with van der Waals surface area (Å²) in [6.45, 7) is 3.55. The lowest BCUT2D eigenvalue weighted by molar-refractivity contribution is 0.170. The number of halogens is 1. The first-order chi connectivity index (χ1) is 7.69. The van der Waals surface area contributed by atoms with Crippen LogP contribution in [0.2, 0.25) is 0 Å². The van der Waals surface area contributed by atoms with Gasteiger partial charge in [-0.05, 0) is 31.2 Å². The Hall–Kier alpha value is -0.580. The first kappa shape index (κ1) is 13.5. The SMILES string of the molecule is CCCNCC(O)c1cc(Br)ccc1OC. The van der Waals surface area contributed by atoms with E-state index in [9.17, 15) is 5.11 Å². The van der Waals surface area contributed by atoms with Gasteiger partial charge in [-0.3, -0.25) is 0 Å². The van der Waals surface area contributed by atoms with Crippen molar-refractivity contribution >= 4 is 15.9 Å². The van der Waals surface area contributed by atoms with Gasteiger partial charge in [0.25, 0.3) is 0 Å². The molecule has 0 aliphatic rings. The van der Waals surface area contributed by atoms with Gasteiger partial charge in [-0.1, -0.05) is 22.9 Å². The number of aliphatic hydroxyl groups is 1.